The molecule has 3 rings (SSSR count). The Morgan fingerprint density at radius 2 is 2.07 bits per heavy atom. The molecule has 1 amide bonds. The van der Waals surface area contributed by atoms with Crippen molar-refractivity contribution in [3.8, 4) is 0 Å². The normalized spacial score (nSPS) is 18.1. The number of fused-ring (bicyclic) bond motifs is 1. The number of carboxylic acids is 1. The van der Waals surface area contributed by atoms with Crippen LogP contribution in [-0.4, -0.2) is 60.8 Å². The number of benzene rings is 1. The number of amides is 1. The fourth-order valence-electron chi connectivity index (χ4n) is 3.69. The molecule has 3 N–H and O–H groups in total. The van der Waals surface area contributed by atoms with Gasteiger partial charge >= 0.3 is 5.97 Å². The van der Waals surface area contributed by atoms with Gasteiger partial charge in [0.1, 0.15) is 6.61 Å². The van der Waals surface area contributed by atoms with E-state index in [9.17, 15) is 9.59 Å². The number of hydrogen-bond acceptors (Lipinski definition) is 5. The SMILES string of the molecule is O=C(O)CCCN1CCc2ccc(NC(=O)COC3CCNCC3)cc2C1. The zero-order chi connectivity index (χ0) is 19.1. The minimum Gasteiger partial charge on any atom is -0.481 e. The Labute approximate surface area is 160 Å². The van der Waals surface area contributed by atoms with Crippen molar-refractivity contribution in [2.45, 2.75) is 44.8 Å². The minimum atomic E-state index is -0.746. The quantitative estimate of drug-likeness (QED) is 0.640. The van der Waals surface area contributed by atoms with Crippen LogP contribution in [0.4, 0.5) is 5.69 Å². The smallest absolute Gasteiger partial charge is 0.303 e. The second-order valence-corrected chi connectivity index (χ2v) is 7.32. The van der Waals surface area contributed by atoms with Crippen molar-refractivity contribution in [1.82, 2.24) is 10.2 Å². The van der Waals surface area contributed by atoms with E-state index in [4.69, 9.17) is 9.84 Å². The maximum Gasteiger partial charge on any atom is 0.303 e. The topological polar surface area (TPSA) is 90.9 Å². The molecule has 148 valence electrons. The van der Waals surface area contributed by atoms with Gasteiger partial charge in [0.25, 0.3) is 0 Å². The lowest BCUT2D eigenvalue weighted by atomic mass is 9.99. The van der Waals surface area contributed by atoms with Gasteiger partial charge in [-0.2, -0.15) is 0 Å². The number of aliphatic carboxylic acids is 1. The molecule has 1 aromatic carbocycles. The number of carbonyl (C=O) groups is 2. The first-order valence-electron chi connectivity index (χ1n) is 9.78. The molecule has 7 heteroatoms. The Morgan fingerprint density at radius 3 is 2.85 bits per heavy atom. The largest absolute Gasteiger partial charge is 0.481 e. The lowest BCUT2D eigenvalue weighted by Gasteiger charge is -2.29. The molecule has 1 saturated heterocycles. The van der Waals surface area contributed by atoms with Gasteiger partial charge in [-0.3, -0.25) is 14.5 Å². The first-order valence-corrected chi connectivity index (χ1v) is 9.78. The molecular formula is C20H29N3O4. The summed E-state index contributed by atoms with van der Waals surface area (Å²) in [6.07, 6.45) is 3.88. The highest BCUT2D eigenvalue weighted by Gasteiger charge is 2.18. The third-order valence-electron chi connectivity index (χ3n) is 5.18. The van der Waals surface area contributed by atoms with Crippen molar-refractivity contribution in [3.63, 3.8) is 0 Å². The molecule has 1 aromatic rings. The molecule has 0 radical (unpaired) electrons. The third-order valence-corrected chi connectivity index (χ3v) is 5.18. The van der Waals surface area contributed by atoms with Gasteiger partial charge in [-0.1, -0.05) is 6.07 Å². The highest BCUT2D eigenvalue weighted by Crippen LogP contribution is 2.23. The van der Waals surface area contributed by atoms with E-state index in [2.05, 4.69) is 21.6 Å². The molecule has 0 bridgehead atoms. The fraction of sp³-hybridized carbons (Fsp3) is 0.600. The standard InChI is InChI=1S/C20H29N3O4/c24-19(14-27-18-5-8-21-9-6-18)22-17-4-3-15-7-11-23(13-16(15)12-17)10-1-2-20(25)26/h3-4,12,18,21H,1-2,5-11,13-14H2,(H,22,24)(H,25,26). The van der Waals surface area contributed by atoms with E-state index >= 15 is 0 Å². The van der Waals surface area contributed by atoms with Gasteiger partial charge in [0.05, 0.1) is 6.10 Å². The monoisotopic (exact) mass is 375 g/mol. The molecule has 2 heterocycles. The van der Waals surface area contributed by atoms with Crippen LogP contribution < -0.4 is 10.6 Å². The molecule has 2 aliphatic heterocycles. The number of hydrogen-bond donors (Lipinski definition) is 3. The molecule has 2 aliphatic rings. The molecule has 27 heavy (non-hydrogen) atoms. The number of carboxylic acid groups (broad SMARTS) is 1. The van der Waals surface area contributed by atoms with Crippen LogP contribution in [0.1, 0.15) is 36.8 Å². The average molecular weight is 375 g/mol. The van der Waals surface area contributed by atoms with Crippen LogP contribution in [-0.2, 0) is 27.3 Å². The summed E-state index contributed by atoms with van der Waals surface area (Å²) >= 11 is 0. The number of ether oxygens (including phenoxy) is 1. The van der Waals surface area contributed by atoms with Gasteiger partial charge in [0.2, 0.25) is 5.91 Å². The van der Waals surface area contributed by atoms with E-state index in [1.807, 2.05) is 12.1 Å². The summed E-state index contributed by atoms with van der Waals surface area (Å²) in [5.41, 5.74) is 3.29. The van der Waals surface area contributed by atoms with Crippen LogP contribution in [0.15, 0.2) is 18.2 Å². The van der Waals surface area contributed by atoms with E-state index in [0.29, 0.717) is 6.42 Å². The van der Waals surface area contributed by atoms with E-state index in [-0.39, 0.29) is 25.0 Å². The number of piperidine rings is 1. The molecule has 0 unspecified atom stereocenters. The molecule has 7 nitrogen and oxygen atoms in total. The van der Waals surface area contributed by atoms with Gasteiger partial charge in [-0.05, 0) is 68.6 Å². The second-order valence-electron chi connectivity index (χ2n) is 7.32. The molecule has 0 aliphatic carbocycles. The predicted octanol–water partition coefficient (Wildman–Crippen LogP) is 1.62. The summed E-state index contributed by atoms with van der Waals surface area (Å²) < 4.78 is 5.70. The Kier molecular flexibility index (Phi) is 7.20. The molecule has 0 atom stereocenters. The van der Waals surface area contributed by atoms with Crippen molar-refractivity contribution in [3.05, 3.63) is 29.3 Å². The van der Waals surface area contributed by atoms with E-state index in [1.165, 1.54) is 11.1 Å². The first-order chi connectivity index (χ1) is 13.1. The van der Waals surface area contributed by atoms with Gasteiger partial charge in [0, 0.05) is 25.2 Å². The van der Waals surface area contributed by atoms with E-state index in [0.717, 1.165) is 57.7 Å². The Bertz CT molecular complexity index is 659. The zero-order valence-electron chi connectivity index (χ0n) is 15.7. The maximum atomic E-state index is 12.2. The number of carbonyl (C=O) groups excluding carboxylic acids is 1. The van der Waals surface area contributed by atoms with Crippen LogP contribution in [0.25, 0.3) is 0 Å². The highest BCUT2D eigenvalue weighted by atomic mass is 16.5. The molecule has 0 aromatic heterocycles. The second kappa shape index (κ2) is 9.82. The summed E-state index contributed by atoms with van der Waals surface area (Å²) in [6, 6.07) is 6.05. The summed E-state index contributed by atoms with van der Waals surface area (Å²) in [5, 5.41) is 15.0. The summed E-state index contributed by atoms with van der Waals surface area (Å²) in [7, 11) is 0. The number of rotatable bonds is 8. The lowest BCUT2D eigenvalue weighted by molar-refractivity contribution is -0.137. The van der Waals surface area contributed by atoms with Crippen molar-refractivity contribution in [1.29, 1.82) is 0 Å². The zero-order valence-corrected chi connectivity index (χ0v) is 15.7. The van der Waals surface area contributed by atoms with Crippen LogP contribution in [0.5, 0.6) is 0 Å². The number of anilines is 1. The van der Waals surface area contributed by atoms with Gasteiger partial charge < -0.3 is 20.5 Å². The van der Waals surface area contributed by atoms with E-state index in [1.54, 1.807) is 0 Å². The van der Waals surface area contributed by atoms with Crippen LogP contribution >= 0.6 is 0 Å². The van der Waals surface area contributed by atoms with Crippen LogP contribution in [0.2, 0.25) is 0 Å². The predicted molar refractivity (Wildman–Crippen MR) is 103 cm³/mol. The molecule has 1 fully saturated rings. The highest BCUT2D eigenvalue weighted by molar-refractivity contribution is 5.91. The molecular weight excluding hydrogens is 346 g/mol. The molecule has 0 spiro atoms. The summed E-state index contributed by atoms with van der Waals surface area (Å²) in [4.78, 5) is 25.1. The third kappa shape index (κ3) is 6.30. The van der Waals surface area contributed by atoms with Gasteiger partial charge in [-0.25, -0.2) is 0 Å². The first kappa shape index (κ1) is 19.8. The van der Waals surface area contributed by atoms with Gasteiger partial charge in [-0.15, -0.1) is 0 Å². The van der Waals surface area contributed by atoms with E-state index < -0.39 is 5.97 Å². The van der Waals surface area contributed by atoms with Crippen molar-refractivity contribution in [2.24, 2.45) is 0 Å². The Balaban J connectivity index is 1.48. The van der Waals surface area contributed by atoms with Crippen molar-refractivity contribution >= 4 is 17.6 Å². The van der Waals surface area contributed by atoms with Gasteiger partial charge in [0.15, 0.2) is 0 Å². The maximum absolute atomic E-state index is 12.2. The summed E-state index contributed by atoms with van der Waals surface area (Å²) in [6.45, 7) is 4.50. The van der Waals surface area contributed by atoms with Crippen LogP contribution in [0.3, 0.4) is 0 Å². The number of nitrogens with one attached hydrogen (secondary N) is 2. The Hall–Kier alpha value is -1.96. The lowest BCUT2D eigenvalue weighted by Crippen LogP contribution is -2.34. The van der Waals surface area contributed by atoms with Crippen LogP contribution in [0, 0.1) is 0 Å². The summed E-state index contributed by atoms with van der Waals surface area (Å²) in [5.74, 6) is -0.869. The van der Waals surface area contributed by atoms with Crippen molar-refractivity contribution < 1.29 is 19.4 Å². The average Bonchev–Trinajstić information content (AvgIpc) is 2.67. The Morgan fingerprint density at radius 1 is 1.26 bits per heavy atom. The fourth-order valence-corrected chi connectivity index (χ4v) is 3.69. The number of nitrogens with zero attached hydrogens (tertiary/aromatic N) is 1. The minimum absolute atomic E-state index is 0.0864. The molecule has 0 saturated carbocycles. The van der Waals surface area contributed by atoms with Crippen molar-refractivity contribution in [2.75, 3.05) is 38.1 Å².